The van der Waals surface area contributed by atoms with Crippen molar-refractivity contribution in [1.82, 2.24) is 0 Å². The summed E-state index contributed by atoms with van der Waals surface area (Å²) in [5.41, 5.74) is 1.35. The lowest BCUT2D eigenvalue weighted by Gasteiger charge is -2.04. The van der Waals surface area contributed by atoms with E-state index in [4.69, 9.17) is 14.6 Å². The minimum Gasteiger partial charge on any atom is -0.482 e. The third kappa shape index (κ3) is 5.04. The molecule has 6 nitrogen and oxygen atoms in total. The topological polar surface area (TPSA) is 89.9 Å². The first-order valence-corrected chi connectivity index (χ1v) is 7.35. The average molecular weight is 340 g/mol. The molecule has 0 radical (unpaired) electrons. The SMILES string of the molecule is COC(=O)c1ccccc1/C=C/C(=O)c1ccc(OCC(=O)O)cc1. The molecule has 128 valence electrons. The monoisotopic (exact) mass is 340 g/mol. The van der Waals surface area contributed by atoms with E-state index in [1.165, 1.54) is 37.5 Å². The van der Waals surface area contributed by atoms with Crippen LogP contribution in [0, 0.1) is 0 Å². The molecule has 0 aliphatic carbocycles. The van der Waals surface area contributed by atoms with Crippen LogP contribution in [0.15, 0.2) is 54.6 Å². The lowest BCUT2D eigenvalue weighted by molar-refractivity contribution is -0.139. The standard InChI is InChI=1S/C19H16O6/c1-24-19(23)16-5-3-2-4-13(16)8-11-17(20)14-6-9-15(10-7-14)25-12-18(21)22/h2-11H,12H2,1H3,(H,21,22)/b11-8+. The largest absolute Gasteiger partial charge is 0.482 e. The maximum Gasteiger partial charge on any atom is 0.341 e. The number of hydrogen-bond donors (Lipinski definition) is 1. The van der Waals surface area contributed by atoms with E-state index < -0.39 is 18.5 Å². The molecule has 6 heteroatoms. The van der Waals surface area contributed by atoms with Crippen LogP contribution in [0.4, 0.5) is 0 Å². The van der Waals surface area contributed by atoms with Crippen molar-refractivity contribution in [1.29, 1.82) is 0 Å². The van der Waals surface area contributed by atoms with Gasteiger partial charge in [0.1, 0.15) is 5.75 Å². The van der Waals surface area contributed by atoms with Gasteiger partial charge in [-0.05, 0) is 42.0 Å². The van der Waals surface area contributed by atoms with Crippen molar-refractivity contribution in [2.24, 2.45) is 0 Å². The maximum absolute atomic E-state index is 12.2. The fraction of sp³-hybridized carbons (Fsp3) is 0.105. The van der Waals surface area contributed by atoms with Crippen LogP contribution in [-0.4, -0.2) is 36.5 Å². The molecule has 2 aromatic rings. The van der Waals surface area contributed by atoms with E-state index >= 15 is 0 Å². The average Bonchev–Trinajstić information content (AvgIpc) is 2.64. The van der Waals surface area contributed by atoms with Gasteiger partial charge in [-0.2, -0.15) is 0 Å². The second kappa shape index (κ2) is 8.44. The summed E-state index contributed by atoms with van der Waals surface area (Å²) in [5.74, 6) is -1.46. The second-order valence-electron chi connectivity index (χ2n) is 4.98. The van der Waals surface area contributed by atoms with Crippen molar-refractivity contribution in [2.75, 3.05) is 13.7 Å². The summed E-state index contributed by atoms with van der Waals surface area (Å²) in [6, 6.07) is 12.9. The molecule has 0 atom stereocenters. The fourth-order valence-corrected chi connectivity index (χ4v) is 2.06. The Labute approximate surface area is 144 Å². The number of carbonyl (C=O) groups excluding carboxylic acids is 2. The first-order chi connectivity index (χ1) is 12.0. The van der Waals surface area contributed by atoms with Gasteiger partial charge in [0.15, 0.2) is 12.4 Å². The van der Waals surface area contributed by atoms with E-state index in [9.17, 15) is 14.4 Å². The number of hydrogen-bond acceptors (Lipinski definition) is 5. The number of allylic oxidation sites excluding steroid dienone is 1. The Bertz CT molecular complexity index is 805. The van der Waals surface area contributed by atoms with Gasteiger partial charge in [-0.1, -0.05) is 24.3 Å². The summed E-state index contributed by atoms with van der Waals surface area (Å²) < 4.78 is 9.71. The van der Waals surface area contributed by atoms with Gasteiger partial charge in [0.2, 0.25) is 0 Å². The lowest BCUT2D eigenvalue weighted by atomic mass is 10.1. The highest BCUT2D eigenvalue weighted by molar-refractivity contribution is 6.07. The van der Waals surface area contributed by atoms with E-state index in [2.05, 4.69) is 0 Å². The fourth-order valence-electron chi connectivity index (χ4n) is 2.06. The molecule has 0 aliphatic rings. The maximum atomic E-state index is 12.2. The molecular weight excluding hydrogens is 324 g/mol. The molecule has 0 fully saturated rings. The minimum atomic E-state index is -1.08. The van der Waals surface area contributed by atoms with Gasteiger partial charge in [-0.3, -0.25) is 4.79 Å². The molecule has 0 spiro atoms. The Morgan fingerprint density at radius 3 is 2.36 bits per heavy atom. The molecule has 2 aromatic carbocycles. The van der Waals surface area contributed by atoms with Crippen LogP contribution in [-0.2, 0) is 9.53 Å². The van der Waals surface area contributed by atoms with Gasteiger partial charge in [-0.25, -0.2) is 9.59 Å². The summed E-state index contributed by atoms with van der Waals surface area (Å²) in [6.45, 7) is -0.447. The highest BCUT2D eigenvalue weighted by Gasteiger charge is 2.09. The van der Waals surface area contributed by atoms with Gasteiger partial charge in [-0.15, -0.1) is 0 Å². The summed E-state index contributed by atoms with van der Waals surface area (Å²) >= 11 is 0. The molecule has 2 rings (SSSR count). The molecule has 0 saturated heterocycles. The van der Waals surface area contributed by atoms with Crippen LogP contribution in [0.3, 0.4) is 0 Å². The summed E-state index contributed by atoms with van der Waals surface area (Å²) in [4.78, 5) is 34.4. The number of carbonyl (C=O) groups is 3. The van der Waals surface area contributed by atoms with Crippen LogP contribution in [0.2, 0.25) is 0 Å². The Morgan fingerprint density at radius 2 is 1.72 bits per heavy atom. The second-order valence-corrected chi connectivity index (χ2v) is 4.98. The van der Waals surface area contributed by atoms with Crippen molar-refractivity contribution in [3.8, 4) is 5.75 Å². The van der Waals surface area contributed by atoms with E-state index in [0.29, 0.717) is 22.4 Å². The predicted octanol–water partition coefficient (Wildman–Crippen LogP) is 2.83. The van der Waals surface area contributed by atoms with E-state index in [0.717, 1.165) is 0 Å². The van der Waals surface area contributed by atoms with Crippen LogP contribution in [0.5, 0.6) is 5.75 Å². The number of carboxylic acids is 1. The van der Waals surface area contributed by atoms with Gasteiger partial charge in [0.25, 0.3) is 0 Å². The molecule has 0 aliphatic heterocycles. The molecule has 25 heavy (non-hydrogen) atoms. The van der Waals surface area contributed by atoms with Gasteiger partial charge >= 0.3 is 11.9 Å². The number of aliphatic carboxylic acids is 1. The molecule has 0 heterocycles. The summed E-state index contributed by atoms with van der Waals surface area (Å²) in [6.07, 6.45) is 2.90. The van der Waals surface area contributed by atoms with Crippen molar-refractivity contribution in [3.05, 3.63) is 71.3 Å². The van der Waals surface area contributed by atoms with Crippen LogP contribution < -0.4 is 4.74 Å². The quantitative estimate of drug-likeness (QED) is 0.473. The van der Waals surface area contributed by atoms with Crippen molar-refractivity contribution in [2.45, 2.75) is 0 Å². The number of ketones is 1. The predicted molar refractivity (Wildman–Crippen MR) is 90.7 cm³/mol. The van der Waals surface area contributed by atoms with E-state index in [1.807, 2.05) is 0 Å². The Kier molecular flexibility index (Phi) is 6.06. The smallest absolute Gasteiger partial charge is 0.341 e. The highest BCUT2D eigenvalue weighted by atomic mass is 16.5. The van der Waals surface area contributed by atoms with E-state index in [1.54, 1.807) is 30.3 Å². The Hall–Kier alpha value is -3.41. The zero-order valence-corrected chi connectivity index (χ0v) is 13.5. The van der Waals surface area contributed by atoms with Crippen molar-refractivity contribution in [3.63, 3.8) is 0 Å². The number of esters is 1. The molecule has 0 unspecified atom stereocenters. The van der Waals surface area contributed by atoms with Gasteiger partial charge in [0.05, 0.1) is 12.7 Å². The minimum absolute atomic E-state index is 0.260. The molecule has 0 amide bonds. The molecular formula is C19H16O6. The van der Waals surface area contributed by atoms with Crippen molar-refractivity contribution < 1.29 is 29.0 Å². The van der Waals surface area contributed by atoms with Crippen LogP contribution in [0.25, 0.3) is 6.08 Å². The first kappa shape index (κ1) is 17.9. The number of ether oxygens (including phenoxy) is 2. The number of carboxylic acid groups (broad SMARTS) is 1. The molecule has 0 aromatic heterocycles. The first-order valence-electron chi connectivity index (χ1n) is 7.35. The summed E-state index contributed by atoms with van der Waals surface area (Å²) in [5, 5.41) is 8.55. The third-order valence-corrected chi connectivity index (χ3v) is 3.28. The van der Waals surface area contributed by atoms with Gasteiger partial charge < -0.3 is 14.6 Å². The molecule has 0 bridgehead atoms. The number of rotatable bonds is 7. The summed E-state index contributed by atoms with van der Waals surface area (Å²) in [7, 11) is 1.29. The van der Waals surface area contributed by atoms with Gasteiger partial charge in [0, 0.05) is 5.56 Å². The lowest BCUT2D eigenvalue weighted by Crippen LogP contribution is -2.09. The van der Waals surface area contributed by atoms with Crippen molar-refractivity contribution >= 4 is 23.8 Å². The molecule has 0 saturated carbocycles. The third-order valence-electron chi connectivity index (χ3n) is 3.28. The zero-order valence-electron chi connectivity index (χ0n) is 13.5. The zero-order chi connectivity index (χ0) is 18.2. The molecule has 1 N–H and O–H groups in total. The van der Waals surface area contributed by atoms with Crippen LogP contribution >= 0.6 is 0 Å². The van der Waals surface area contributed by atoms with E-state index in [-0.39, 0.29) is 5.78 Å². The normalized spacial score (nSPS) is 10.4. The highest BCUT2D eigenvalue weighted by Crippen LogP contribution is 2.15. The van der Waals surface area contributed by atoms with Crippen LogP contribution in [0.1, 0.15) is 26.3 Å². The Morgan fingerprint density at radius 1 is 1.04 bits per heavy atom. The Balaban J connectivity index is 2.10. The number of methoxy groups -OCH3 is 1. The number of benzene rings is 2.